The Balaban J connectivity index is 1.92. The first-order valence-corrected chi connectivity index (χ1v) is 7.33. The van der Waals surface area contributed by atoms with Crippen molar-refractivity contribution in [2.45, 2.75) is 32.4 Å². The van der Waals surface area contributed by atoms with E-state index in [0.717, 1.165) is 18.7 Å². The van der Waals surface area contributed by atoms with Crippen LogP contribution in [0.3, 0.4) is 0 Å². The lowest BCUT2D eigenvalue weighted by atomic mass is 9.96. The highest BCUT2D eigenvalue weighted by Crippen LogP contribution is 2.21. The smallest absolute Gasteiger partial charge is 0.223 e. The molecular weight excluding hydrogens is 252 g/mol. The lowest BCUT2D eigenvalue weighted by Gasteiger charge is -2.26. The molecule has 1 saturated heterocycles. The van der Waals surface area contributed by atoms with Crippen LogP contribution < -0.4 is 10.6 Å². The van der Waals surface area contributed by atoms with Gasteiger partial charge < -0.3 is 15.4 Å². The number of carbonyl (C=O) groups is 1. The fraction of sp³-hybridized carbons (Fsp3) is 0.562. The maximum atomic E-state index is 12.2. The summed E-state index contributed by atoms with van der Waals surface area (Å²) < 4.78 is 5.57. The van der Waals surface area contributed by atoms with Crippen molar-refractivity contribution in [1.29, 1.82) is 0 Å². The number of benzene rings is 1. The second-order valence-electron chi connectivity index (χ2n) is 5.60. The molecule has 0 bridgehead atoms. The summed E-state index contributed by atoms with van der Waals surface area (Å²) in [5.41, 5.74) is 1.15. The number of morpholine rings is 1. The molecule has 1 aromatic carbocycles. The second kappa shape index (κ2) is 7.41. The fourth-order valence-corrected chi connectivity index (χ4v) is 2.49. The second-order valence-corrected chi connectivity index (χ2v) is 5.60. The maximum Gasteiger partial charge on any atom is 0.223 e. The van der Waals surface area contributed by atoms with Crippen LogP contribution in [0.25, 0.3) is 0 Å². The lowest BCUT2D eigenvalue weighted by molar-refractivity contribution is -0.125. The van der Waals surface area contributed by atoms with Crippen LogP contribution in [0.5, 0.6) is 0 Å². The van der Waals surface area contributed by atoms with Crippen LogP contribution in [0.1, 0.15) is 31.9 Å². The number of amides is 1. The van der Waals surface area contributed by atoms with Gasteiger partial charge in [0, 0.05) is 13.1 Å². The van der Waals surface area contributed by atoms with Crippen molar-refractivity contribution in [2.24, 2.45) is 5.92 Å². The summed E-state index contributed by atoms with van der Waals surface area (Å²) in [4.78, 5) is 12.2. The topological polar surface area (TPSA) is 50.4 Å². The standard InChI is InChI=1S/C16H24N2O2/c1-12(2)16(13-6-4-3-5-7-13)18-15(19)10-14-11-17-8-9-20-14/h3-7,12,14,16-17H,8-11H2,1-2H3,(H,18,19). The van der Waals surface area contributed by atoms with Crippen molar-refractivity contribution in [1.82, 2.24) is 10.6 Å². The molecule has 1 heterocycles. The molecule has 1 aliphatic heterocycles. The highest BCUT2D eigenvalue weighted by atomic mass is 16.5. The predicted octanol–water partition coefficient (Wildman–Crippen LogP) is 1.88. The molecule has 0 aliphatic carbocycles. The molecule has 2 unspecified atom stereocenters. The molecule has 2 rings (SSSR count). The van der Waals surface area contributed by atoms with Gasteiger partial charge in [-0.3, -0.25) is 4.79 Å². The summed E-state index contributed by atoms with van der Waals surface area (Å²) in [7, 11) is 0. The maximum absolute atomic E-state index is 12.2. The van der Waals surface area contributed by atoms with Crippen molar-refractivity contribution in [2.75, 3.05) is 19.7 Å². The van der Waals surface area contributed by atoms with Gasteiger partial charge in [-0.25, -0.2) is 0 Å². The minimum atomic E-state index is -0.00710. The third-order valence-electron chi connectivity index (χ3n) is 3.56. The molecule has 0 radical (unpaired) electrons. The highest BCUT2D eigenvalue weighted by molar-refractivity contribution is 5.77. The number of hydrogen-bond donors (Lipinski definition) is 2. The normalized spacial score (nSPS) is 20.6. The van der Waals surface area contributed by atoms with Gasteiger partial charge in [0.2, 0.25) is 5.91 Å². The molecule has 1 amide bonds. The molecule has 1 fully saturated rings. The zero-order chi connectivity index (χ0) is 14.4. The Morgan fingerprint density at radius 2 is 2.15 bits per heavy atom. The van der Waals surface area contributed by atoms with Crippen molar-refractivity contribution in [3.05, 3.63) is 35.9 Å². The average Bonchev–Trinajstić information content (AvgIpc) is 2.46. The minimum Gasteiger partial charge on any atom is -0.375 e. The van der Waals surface area contributed by atoms with Gasteiger partial charge in [-0.15, -0.1) is 0 Å². The summed E-state index contributed by atoms with van der Waals surface area (Å²) in [6.07, 6.45) is 0.413. The van der Waals surface area contributed by atoms with E-state index in [4.69, 9.17) is 4.74 Å². The highest BCUT2D eigenvalue weighted by Gasteiger charge is 2.22. The summed E-state index contributed by atoms with van der Waals surface area (Å²) >= 11 is 0. The minimum absolute atomic E-state index is 0.00710. The monoisotopic (exact) mass is 276 g/mol. The SMILES string of the molecule is CC(C)C(NC(=O)CC1CNCCO1)c1ccccc1. The van der Waals surface area contributed by atoms with Crippen LogP contribution in [-0.2, 0) is 9.53 Å². The molecule has 0 saturated carbocycles. The summed E-state index contributed by atoms with van der Waals surface area (Å²) in [6.45, 7) is 6.55. The molecule has 0 aromatic heterocycles. The molecule has 2 atom stereocenters. The van der Waals surface area contributed by atoms with E-state index < -0.39 is 0 Å². The Bertz CT molecular complexity index is 414. The summed E-state index contributed by atoms with van der Waals surface area (Å²) in [6, 6.07) is 10.2. The van der Waals surface area contributed by atoms with E-state index in [9.17, 15) is 4.79 Å². The molecule has 20 heavy (non-hydrogen) atoms. The van der Waals surface area contributed by atoms with Crippen LogP contribution in [0, 0.1) is 5.92 Å². The van der Waals surface area contributed by atoms with Gasteiger partial charge in [-0.1, -0.05) is 44.2 Å². The van der Waals surface area contributed by atoms with Crippen LogP contribution >= 0.6 is 0 Å². The van der Waals surface area contributed by atoms with Crippen molar-refractivity contribution >= 4 is 5.91 Å². The molecular formula is C16H24N2O2. The molecule has 4 heteroatoms. The van der Waals surface area contributed by atoms with Crippen LogP contribution in [0.15, 0.2) is 30.3 Å². The number of hydrogen-bond acceptors (Lipinski definition) is 3. The van der Waals surface area contributed by atoms with E-state index >= 15 is 0 Å². The Kier molecular flexibility index (Phi) is 5.56. The quantitative estimate of drug-likeness (QED) is 0.863. The van der Waals surface area contributed by atoms with E-state index in [-0.39, 0.29) is 18.1 Å². The van der Waals surface area contributed by atoms with Gasteiger partial charge in [0.1, 0.15) is 0 Å². The van der Waals surface area contributed by atoms with Crippen molar-refractivity contribution < 1.29 is 9.53 Å². The number of ether oxygens (including phenoxy) is 1. The van der Waals surface area contributed by atoms with Gasteiger partial charge in [-0.2, -0.15) is 0 Å². The predicted molar refractivity (Wildman–Crippen MR) is 79.4 cm³/mol. The van der Waals surface area contributed by atoms with E-state index in [1.165, 1.54) is 0 Å². The van der Waals surface area contributed by atoms with Gasteiger partial charge in [-0.05, 0) is 11.5 Å². The van der Waals surface area contributed by atoms with Gasteiger partial charge in [0.15, 0.2) is 0 Å². The van der Waals surface area contributed by atoms with Crippen LogP contribution in [0.2, 0.25) is 0 Å². The Hall–Kier alpha value is -1.39. The average molecular weight is 276 g/mol. The summed E-state index contributed by atoms with van der Waals surface area (Å²) in [5.74, 6) is 0.410. The Morgan fingerprint density at radius 3 is 2.75 bits per heavy atom. The first kappa shape index (κ1) is 15.0. The Morgan fingerprint density at radius 1 is 1.40 bits per heavy atom. The van der Waals surface area contributed by atoms with Crippen LogP contribution in [0.4, 0.5) is 0 Å². The number of carbonyl (C=O) groups excluding carboxylic acids is 1. The lowest BCUT2D eigenvalue weighted by Crippen LogP contribution is -2.42. The zero-order valence-electron chi connectivity index (χ0n) is 12.3. The number of nitrogens with one attached hydrogen (secondary N) is 2. The van der Waals surface area contributed by atoms with E-state index in [1.54, 1.807) is 0 Å². The van der Waals surface area contributed by atoms with E-state index in [1.807, 2.05) is 18.2 Å². The third-order valence-corrected chi connectivity index (χ3v) is 3.56. The van der Waals surface area contributed by atoms with Gasteiger partial charge in [0.05, 0.1) is 25.2 Å². The number of rotatable bonds is 5. The Labute approximate surface area is 120 Å². The van der Waals surface area contributed by atoms with Crippen LogP contribution in [-0.4, -0.2) is 31.7 Å². The summed E-state index contributed by atoms with van der Waals surface area (Å²) in [5, 5.41) is 6.38. The fourth-order valence-electron chi connectivity index (χ4n) is 2.49. The third kappa shape index (κ3) is 4.32. The largest absolute Gasteiger partial charge is 0.375 e. The molecule has 2 N–H and O–H groups in total. The molecule has 110 valence electrons. The molecule has 1 aliphatic rings. The molecule has 1 aromatic rings. The van der Waals surface area contributed by atoms with Crippen molar-refractivity contribution in [3.63, 3.8) is 0 Å². The molecule has 0 spiro atoms. The molecule has 4 nitrogen and oxygen atoms in total. The van der Waals surface area contributed by atoms with Crippen molar-refractivity contribution in [3.8, 4) is 0 Å². The first-order valence-electron chi connectivity index (χ1n) is 7.33. The van der Waals surface area contributed by atoms with Gasteiger partial charge in [0.25, 0.3) is 0 Å². The van der Waals surface area contributed by atoms with E-state index in [0.29, 0.717) is 18.9 Å². The zero-order valence-corrected chi connectivity index (χ0v) is 12.3. The van der Waals surface area contributed by atoms with E-state index in [2.05, 4.69) is 36.6 Å². The first-order chi connectivity index (χ1) is 9.66. The van der Waals surface area contributed by atoms with Gasteiger partial charge >= 0.3 is 0 Å².